The molecule has 0 aliphatic heterocycles. The monoisotopic (exact) mass is 377 g/mol. The van der Waals surface area contributed by atoms with Crippen molar-refractivity contribution < 1.29 is 9.90 Å². The Morgan fingerprint density at radius 2 is 2.11 bits per heavy atom. The highest BCUT2D eigenvalue weighted by Gasteiger charge is 2.25. The zero-order chi connectivity index (χ0) is 18.7. The largest absolute Gasteiger partial charge is 0.545 e. The van der Waals surface area contributed by atoms with E-state index in [2.05, 4.69) is 12.0 Å². The molecule has 0 spiro atoms. The number of thiophene rings is 1. The SMILES string of the molecule is Cc1nc2sc3c(c2c2nc(-c4ccccc4C(=O)[O-])nn12)CC[C@@H](C)C3. The minimum absolute atomic E-state index is 0.0939. The van der Waals surface area contributed by atoms with Crippen LogP contribution in [0.2, 0.25) is 0 Å². The fourth-order valence-corrected chi connectivity index (χ4v) is 5.33. The van der Waals surface area contributed by atoms with Crippen LogP contribution >= 0.6 is 11.3 Å². The number of carboxylic acid groups (broad SMARTS) is 1. The average molecular weight is 377 g/mol. The number of hydrogen-bond donors (Lipinski definition) is 0. The van der Waals surface area contributed by atoms with Crippen molar-refractivity contribution in [2.45, 2.75) is 33.1 Å². The number of fused-ring (bicyclic) bond motifs is 5. The highest BCUT2D eigenvalue weighted by molar-refractivity contribution is 7.19. The van der Waals surface area contributed by atoms with E-state index in [1.165, 1.54) is 16.5 Å². The van der Waals surface area contributed by atoms with Gasteiger partial charge in [-0.25, -0.2) is 9.97 Å². The fourth-order valence-electron chi connectivity index (χ4n) is 3.91. The standard InChI is InChI=1S/C20H18N4O2S/c1-10-7-8-14-15(9-10)27-19-16(14)18-22-17(23-24(18)11(2)21-19)12-5-3-4-6-13(12)20(25)26/h3-6,10H,7-9H2,1-2H3,(H,25,26)/p-1/t10-/m1/s1. The van der Waals surface area contributed by atoms with Gasteiger partial charge in [0.2, 0.25) is 0 Å². The Morgan fingerprint density at radius 3 is 2.93 bits per heavy atom. The third-order valence-electron chi connectivity index (χ3n) is 5.28. The molecule has 1 aliphatic carbocycles. The highest BCUT2D eigenvalue weighted by Crippen LogP contribution is 2.39. The maximum atomic E-state index is 11.5. The summed E-state index contributed by atoms with van der Waals surface area (Å²) in [5.41, 5.74) is 2.65. The van der Waals surface area contributed by atoms with Gasteiger partial charge in [0.25, 0.3) is 0 Å². The second kappa shape index (κ2) is 5.85. The number of carboxylic acids is 1. The Hall–Kier alpha value is -2.80. The number of benzene rings is 1. The van der Waals surface area contributed by atoms with Crippen LogP contribution in [0.15, 0.2) is 24.3 Å². The number of carbonyl (C=O) groups excluding carboxylic acids is 1. The van der Waals surface area contributed by atoms with Gasteiger partial charge in [-0.05, 0) is 37.7 Å². The maximum absolute atomic E-state index is 11.5. The summed E-state index contributed by atoms with van der Waals surface area (Å²) in [6.07, 6.45) is 3.26. The summed E-state index contributed by atoms with van der Waals surface area (Å²) in [4.78, 5) is 23.4. The van der Waals surface area contributed by atoms with E-state index in [1.807, 2.05) is 6.92 Å². The molecule has 0 radical (unpaired) electrons. The summed E-state index contributed by atoms with van der Waals surface area (Å²) in [5, 5.41) is 17.1. The van der Waals surface area contributed by atoms with E-state index < -0.39 is 5.97 Å². The highest BCUT2D eigenvalue weighted by atomic mass is 32.1. The number of hydrogen-bond acceptors (Lipinski definition) is 6. The molecular weight excluding hydrogens is 360 g/mol. The Bertz CT molecular complexity index is 1220. The van der Waals surface area contributed by atoms with E-state index in [0.29, 0.717) is 17.3 Å². The lowest BCUT2D eigenvalue weighted by molar-refractivity contribution is -0.254. The summed E-state index contributed by atoms with van der Waals surface area (Å²) in [6.45, 7) is 4.19. The van der Waals surface area contributed by atoms with Gasteiger partial charge in [0, 0.05) is 16.0 Å². The Balaban J connectivity index is 1.80. The summed E-state index contributed by atoms with van der Waals surface area (Å²) in [6, 6.07) is 6.68. The predicted octanol–water partition coefficient (Wildman–Crippen LogP) is 2.80. The second-order valence-corrected chi connectivity index (χ2v) is 8.28. The molecule has 0 amide bonds. The molecule has 0 saturated heterocycles. The number of aryl methyl sites for hydroxylation is 2. The van der Waals surface area contributed by atoms with Crippen LogP contribution < -0.4 is 5.11 Å². The molecule has 1 aliphatic rings. The lowest BCUT2D eigenvalue weighted by Gasteiger charge is -2.17. The van der Waals surface area contributed by atoms with Gasteiger partial charge in [-0.1, -0.05) is 31.2 Å². The number of aromatic nitrogens is 4. The summed E-state index contributed by atoms with van der Waals surface area (Å²) in [7, 11) is 0. The van der Waals surface area contributed by atoms with E-state index in [4.69, 9.17) is 9.97 Å². The van der Waals surface area contributed by atoms with Crippen molar-refractivity contribution in [2.75, 3.05) is 0 Å². The number of carbonyl (C=O) groups is 1. The van der Waals surface area contributed by atoms with Crippen molar-refractivity contribution >= 4 is 33.2 Å². The molecule has 3 aromatic heterocycles. The number of nitrogens with zero attached hydrogens (tertiary/aromatic N) is 4. The van der Waals surface area contributed by atoms with Crippen LogP contribution in [0.5, 0.6) is 0 Å². The third kappa shape index (κ3) is 2.45. The van der Waals surface area contributed by atoms with Crippen LogP contribution in [-0.2, 0) is 12.8 Å². The van der Waals surface area contributed by atoms with E-state index >= 15 is 0 Å². The van der Waals surface area contributed by atoms with Crippen LogP contribution in [-0.4, -0.2) is 25.6 Å². The lowest BCUT2D eigenvalue weighted by atomic mass is 9.89. The van der Waals surface area contributed by atoms with Crippen LogP contribution in [0.4, 0.5) is 0 Å². The van der Waals surface area contributed by atoms with Crippen molar-refractivity contribution in [3.63, 3.8) is 0 Å². The Kier molecular flexibility index (Phi) is 3.55. The molecule has 136 valence electrons. The lowest BCUT2D eigenvalue weighted by Crippen LogP contribution is -2.23. The van der Waals surface area contributed by atoms with Gasteiger partial charge in [0.05, 0.1) is 11.4 Å². The molecule has 4 aromatic rings. The minimum Gasteiger partial charge on any atom is -0.545 e. The fraction of sp³-hybridized carbons (Fsp3) is 0.300. The van der Waals surface area contributed by atoms with Crippen molar-refractivity contribution in [1.29, 1.82) is 0 Å². The van der Waals surface area contributed by atoms with E-state index in [0.717, 1.165) is 41.0 Å². The van der Waals surface area contributed by atoms with Gasteiger partial charge in [-0.2, -0.15) is 4.52 Å². The van der Waals surface area contributed by atoms with Crippen LogP contribution in [0.1, 0.15) is 40.0 Å². The van der Waals surface area contributed by atoms with E-state index in [1.54, 1.807) is 34.1 Å². The molecule has 27 heavy (non-hydrogen) atoms. The van der Waals surface area contributed by atoms with Crippen molar-refractivity contribution in [2.24, 2.45) is 5.92 Å². The average Bonchev–Trinajstić information content (AvgIpc) is 3.22. The van der Waals surface area contributed by atoms with Gasteiger partial charge in [0.1, 0.15) is 10.7 Å². The van der Waals surface area contributed by atoms with Crippen molar-refractivity contribution in [1.82, 2.24) is 19.6 Å². The normalized spacial score (nSPS) is 16.7. The first-order chi connectivity index (χ1) is 13.0. The van der Waals surface area contributed by atoms with Crippen LogP contribution in [0, 0.1) is 12.8 Å². The summed E-state index contributed by atoms with van der Waals surface area (Å²) in [5.74, 6) is 0.586. The van der Waals surface area contributed by atoms with E-state index in [9.17, 15) is 9.90 Å². The number of aromatic carboxylic acids is 1. The van der Waals surface area contributed by atoms with Crippen molar-refractivity contribution in [3.8, 4) is 11.4 Å². The first-order valence-corrected chi connectivity index (χ1v) is 9.83. The van der Waals surface area contributed by atoms with Crippen LogP contribution in [0.25, 0.3) is 27.3 Å². The smallest absolute Gasteiger partial charge is 0.182 e. The maximum Gasteiger partial charge on any atom is 0.182 e. The molecule has 6 nitrogen and oxygen atoms in total. The van der Waals surface area contributed by atoms with Gasteiger partial charge in [-0.15, -0.1) is 16.4 Å². The Labute approximate surface area is 159 Å². The molecular formula is C20H17N4O2S-. The molecule has 0 saturated carbocycles. The van der Waals surface area contributed by atoms with Gasteiger partial charge in [0.15, 0.2) is 11.5 Å². The molecule has 0 bridgehead atoms. The minimum atomic E-state index is -1.23. The van der Waals surface area contributed by atoms with Crippen molar-refractivity contribution in [3.05, 3.63) is 46.1 Å². The quantitative estimate of drug-likeness (QED) is 0.536. The summed E-state index contributed by atoms with van der Waals surface area (Å²) >= 11 is 1.75. The molecule has 1 aromatic carbocycles. The molecule has 0 fully saturated rings. The third-order valence-corrected chi connectivity index (χ3v) is 6.43. The predicted molar refractivity (Wildman–Crippen MR) is 102 cm³/mol. The van der Waals surface area contributed by atoms with Crippen LogP contribution in [0.3, 0.4) is 0 Å². The van der Waals surface area contributed by atoms with E-state index in [-0.39, 0.29) is 5.56 Å². The molecule has 0 unspecified atom stereocenters. The zero-order valence-electron chi connectivity index (χ0n) is 15.0. The Morgan fingerprint density at radius 1 is 1.30 bits per heavy atom. The van der Waals surface area contributed by atoms with Gasteiger partial charge >= 0.3 is 0 Å². The first-order valence-electron chi connectivity index (χ1n) is 9.01. The zero-order valence-corrected chi connectivity index (χ0v) is 15.8. The van der Waals surface area contributed by atoms with Gasteiger partial charge < -0.3 is 9.90 Å². The number of rotatable bonds is 2. The molecule has 7 heteroatoms. The molecule has 0 N–H and O–H groups in total. The summed E-state index contributed by atoms with van der Waals surface area (Å²) < 4.78 is 1.73. The molecule has 1 atom stereocenters. The first kappa shape index (κ1) is 16.4. The second-order valence-electron chi connectivity index (χ2n) is 7.19. The van der Waals surface area contributed by atoms with Gasteiger partial charge in [-0.3, -0.25) is 0 Å². The molecule has 3 heterocycles. The molecule has 5 rings (SSSR count). The topological polar surface area (TPSA) is 83.2 Å².